The molecule has 0 heterocycles. The van der Waals surface area contributed by atoms with Gasteiger partial charge in [0.1, 0.15) is 5.60 Å². The van der Waals surface area contributed by atoms with Crippen LogP contribution in [0.4, 0.5) is 4.79 Å². The van der Waals surface area contributed by atoms with Crippen LogP contribution in [0.15, 0.2) is 28.7 Å². The van der Waals surface area contributed by atoms with E-state index in [2.05, 4.69) is 39.6 Å². The monoisotopic (exact) mass is 356 g/mol. The van der Waals surface area contributed by atoms with Crippen molar-refractivity contribution >= 4 is 22.0 Å². The van der Waals surface area contributed by atoms with E-state index in [1.807, 2.05) is 39.0 Å². The molecule has 0 saturated heterocycles. The van der Waals surface area contributed by atoms with Crippen molar-refractivity contribution in [3.63, 3.8) is 0 Å². The molecule has 0 saturated carbocycles. The number of rotatable bonds is 6. The number of carbonyl (C=O) groups is 1. The largest absolute Gasteiger partial charge is 0.444 e. The molecule has 0 unspecified atom stereocenters. The summed E-state index contributed by atoms with van der Waals surface area (Å²) < 4.78 is 6.28. The minimum absolute atomic E-state index is 0.266. The Labute approximate surface area is 135 Å². The molecule has 1 amide bonds. The summed E-state index contributed by atoms with van der Waals surface area (Å²) in [5.74, 6) is 0. The van der Waals surface area contributed by atoms with Crippen LogP contribution in [0.5, 0.6) is 0 Å². The van der Waals surface area contributed by atoms with Crippen LogP contribution in [0.25, 0.3) is 0 Å². The lowest BCUT2D eigenvalue weighted by Gasteiger charge is -2.20. The van der Waals surface area contributed by atoms with E-state index in [1.165, 1.54) is 5.56 Å². The van der Waals surface area contributed by atoms with Crippen LogP contribution in [0, 0.1) is 0 Å². The summed E-state index contributed by atoms with van der Waals surface area (Å²) in [7, 11) is 0. The first kappa shape index (κ1) is 18.0. The van der Waals surface area contributed by atoms with Gasteiger partial charge in [-0.2, -0.15) is 0 Å². The first-order valence-electron chi connectivity index (χ1n) is 7.24. The third-order valence-corrected chi connectivity index (χ3v) is 3.57. The zero-order valence-corrected chi connectivity index (χ0v) is 14.8. The van der Waals surface area contributed by atoms with E-state index in [0.29, 0.717) is 6.54 Å². The van der Waals surface area contributed by atoms with Crippen LogP contribution in [0.1, 0.15) is 45.7 Å². The smallest absolute Gasteiger partial charge is 0.407 e. The number of hydrogen-bond acceptors (Lipinski definition) is 3. The van der Waals surface area contributed by atoms with Crippen LogP contribution in [0.3, 0.4) is 0 Å². The summed E-state index contributed by atoms with van der Waals surface area (Å²) in [4.78, 5) is 11.5. The maximum absolute atomic E-state index is 11.5. The van der Waals surface area contributed by atoms with Gasteiger partial charge in [-0.05, 0) is 52.3 Å². The van der Waals surface area contributed by atoms with Crippen LogP contribution in [-0.2, 0) is 4.74 Å². The summed E-state index contributed by atoms with van der Waals surface area (Å²) in [6.45, 7) is 9.12. The highest BCUT2D eigenvalue weighted by molar-refractivity contribution is 9.10. The van der Waals surface area contributed by atoms with Gasteiger partial charge in [-0.3, -0.25) is 0 Å². The number of amides is 1. The zero-order valence-electron chi connectivity index (χ0n) is 13.2. The van der Waals surface area contributed by atoms with Crippen molar-refractivity contribution in [3.8, 4) is 0 Å². The quantitative estimate of drug-likeness (QED) is 0.757. The molecule has 0 bridgehead atoms. The molecule has 5 heteroatoms. The second-order valence-electron chi connectivity index (χ2n) is 5.98. The first-order valence-corrected chi connectivity index (χ1v) is 8.03. The van der Waals surface area contributed by atoms with E-state index < -0.39 is 5.60 Å². The molecule has 2 N–H and O–H groups in total. The lowest BCUT2D eigenvalue weighted by Crippen LogP contribution is -2.34. The van der Waals surface area contributed by atoms with Gasteiger partial charge in [-0.25, -0.2) is 4.79 Å². The molecule has 0 aliphatic carbocycles. The Morgan fingerprint density at radius 3 is 2.57 bits per heavy atom. The van der Waals surface area contributed by atoms with Gasteiger partial charge >= 0.3 is 6.09 Å². The van der Waals surface area contributed by atoms with Crippen LogP contribution in [-0.4, -0.2) is 24.8 Å². The van der Waals surface area contributed by atoms with Crippen LogP contribution >= 0.6 is 15.9 Å². The summed E-state index contributed by atoms with van der Waals surface area (Å²) in [6, 6.07) is 8.44. The summed E-state index contributed by atoms with van der Waals surface area (Å²) in [6.07, 6.45) is 0.495. The highest BCUT2D eigenvalue weighted by atomic mass is 79.9. The third-order valence-electron chi connectivity index (χ3n) is 2.84. The van der Waals surface area contributed by atoms with E-state index in [0.717, 1.165) is 17.4 Å². The molecule has 0 spiro atoms. The fourth-order valence-corrected chi connectivity index (χ4v) is 2.48. The molecule has 1 rings (SSSR count). The van der Waals surface area contributed by atoms with Crippen molar-refractivity contribution in [1.29, 1.82) is 0 Å². The van der Waals surface area contributed by atoms with Crippen molar-refractivity contribution in [2.45, 2.75) is 45.8 Å². The Morgan fingerprint density at radius 1 is 1.29 bits per heavy atom. The van der Waals surface area contributed by atoms with Crippen molar-refractivity contribution in [3.05, 3.63) is 34.3 Å². The minimum atomic E-state index is -0.448. The van der Waals surface area contributed by atoms with E-state index >= 15 is 0 Å². The van der Waals surface area contributed by atoms with E-state index in [1.54, 1.807) is 0 Å². The molecular formula is C16H25BrN2O2. The second kappa shape index (κ2) is 8.39. The van der Waals surface area contributed by atoms with Crippen LogP contribution in [0.2, 0.25) is 0 Å². The molecule has 118 valence electrons. The fourth-order valence-electron chi connectivity index (χ4n) is 1.85. The average molecular weight is 357 g/mol. The van der Waals surface area contributed by atoms with Gasteiger partial charge in [0.2, 0.25) is 0 Å². The van der Waals surface area contributed by atoms with Crippen molar-refractivity contribution < 1.29 is 9.53 Å². The number of carbonyl (C=O) groups excluding carboxylic acids is 1. The maximum Gasteiger partial charge on any atom is 0.407 e. The van der Waals surface area contributed by atoms with E-state index in [-0.39, 0.29) is 12.1 Å². The zero-order chi connectivity index (χ0) is 15.9. The highest BCUT2D eigenvalue weighted by Crippen LogP contribution is 2.22. The highest BCUT2D eigenvalue weighted by Gasteiger charge is 2.15. The topological polar surface area (TPSA) is 50.4 Å². The summed E-state index contributed by atoms with van der Waals surface area (Å²) >= 11 is 3.55. The maximum atomic E-state index is 11.5. The molecule has 0 aliphatic heterocycles. The van der Waals surface area contributed by atoms with E-state index in [9.17, 15) is 4.79 Å². The molecular weight excluding hydrogens is 332 g/mol. The summed E-state index contributed by atoms with van der Waals surface area (Å²) in [5, 5.41) is 6.19. The number of nitrogens with one attached hydrogen (secondary N) is 2. The predicted octanol–water partition coefficient (Wildman–Crippen LogP) is 4.01. The Hall–Kier alpha value is -1.07. The molecule has 1 atom stereocenters. The Kier molecular flexibility index (Phi) is 7.18. The molecule has 1 aromatic rings. The Balaban J connectivity index is 2.20. The molecule has 1 aromatic carbocycles. The minimum Gasteiger partial charge on any atom is -0.444 e. The third kappa shape index (κ3) is 7.48. The van der Waals surface area contributed by atoms with Gasteiger partial charge in [0.25, 0.3) is 0 Å². The predicted molar refractivity (Wildman–Crippen MR) is 89.4 cm³/mol. The lowest BCUT2D eigenvalue weighted by molar-refractivity contribution is 0.0527. The van der Waals surface area contributed by atoms with Crippen LogP contribution < -0.4 is 10.6 Å². The van der Waals surface area contributed by atoms with Gasteiger partial charge in [-0.15, -0.1) is 0 Å². The molecule has 4 nitrogen and oxygen atoms in total. The molecule has 0 aliphatic rings. The Morgan fingerprint density at radius 2 is 1.95 bits per heavy atom. The average Bonchev–Trinajstić information content (AvgIpc) is 2.36. The second-order valence-corrected chi connectivity index (χ2v) is 6.83. The SMILES string of the molecule is C[C@H](NCCCNC(=O)OC(C)(C)C)c1ccccc1Br. The van der Waals surface area contributed by atoms with Gasteiger partial charge in [0.05, 0.1) is 0 Å². The number of halogens is 1. The molecule has 0 aromatic heterocycles. The van der Waals surface area contributed by atoms with Gasteiger partial charge in [0, 0.05) is 17.1 Å². The molecule has 21 heavy (non-hydrogen) atoms. The number of ether oxygens (including phenoxy) is 1. The Bertz CT molecular complexity index is 458. The molecule has 0 radical (unpaired) electrons. The first-order chi connectivity index (χ1) is 9.79. The standard InChI is InChI=1S/C16H25BrN2O2/c1-12(13-8-5-6-9-14(13)17)18-10-7-11-19-15(20)21-16(2,3)4/h5-6,8-9,12,18H,7,10-11H2,1-4H3,(H,19,20)/t12-/m0/s1. The fraction of sp³-hybridized carbons (Fsp3) is 0.562. The summed E-state index contributed by atoms with van der Waals surface area (Å²) in [5.41, 5.74) is 0.786. The molecule has 0 fully saturated rings. The van der Waals surface area contributed by atoms with Gasteiger partial charge in [0.15, 0.2) is 0 Å². The normalized spacial score (nSPS) is 12.8. The van der Waals surface area contributed by atoms with Crippen molar-refractivity contribution in [2.24, 2.45) is 0 Å². The van der Waals surface area contributed by atoms with Gasteiger partial charge < -0.3 is 15.4 Å². The van der Waals surface area contributed by atoms with Crippen molar-refractivity contribution in [1.82, 2.24) is 10.6 Å². The number of alkyl carbamates (subject to hydrolysis) is 1. The lowest BCUT2D eigenvalue weighted by atomic mass is 10.1. The number of hydrogen-bond donors (Lipinski definition) is 2. The van der Waals surface area contributed by atoms with E-state index in [4.69, 9.17) is 4.74 Å². The van der Waals surface area contributed by atoms with Gasteiger partial charge in [-0.1, -0.05) is 34.1 Å². The number of benzene rings is 1. The van der Waals surface area contributed by atoms with Crippen molar-refractivity contribution in [2.75, 3.05) is 13.1 Å².